The molecular weight excluding hydrogens is 332 g/mol. The van der Waals surface area contributed by atoms with Crippen molar-refractivity contribution in [2.24, 2.45) is 11.3 Å². The zero-order valence-electron chi connectivity index (χ0n) is 17.6. The second kappa shape index (κ2) is 8.70. The number of β-amino-alcohol motifs (C(OH)–C–C–N with tert-alkyl or cyclic N) is 2. The Morgan fingerprint density at radius 3 is 2.15 bits per heavy atom. The summed E-state index contributed by atoms with van der Waals surface area (Å²) in [5.74, 6) is 0.0210. The topological polar surface area (TPSA) is 81.1 Å². The molecule has 3 amide bonds. The number of hydrogen-bond donors (Lipinski definition) is 2. The molecule has 0 aromatic rings. The predicted octanol–water partition coefficient (Wildman–Crippen LogP) is 3.01. The highest BCUT2D eigenvalue weighted by molar-refractivity contribution is 6.06. The summed E-state index contributed by atoms with van der Waals surface area (Å²) >= 11 is 0. The third-order valence-corrected chi connectivity index (χ3v) is 5.81. The number of aliphatic hydroxyl groups is 2. The monoisotopic (exact) mass is 370 g/mol. The molecule has 1 rings (SSSR count). The van der Waals surface area contributed by atoms with Gasteiger partial charge in [0.1, 0.15) is 5.54 Å². The lowest BCUT2D eigenvalue weighted by atomic mass is 9.84. The van der Waals surface area contributed by atoms with Gasteiger partial charge in [-0.3, -0.25) is 9.69 Å². The van der Waals surface area contributed by atoms with Crippen LogP contribution in [0.25, 0.3) is 0 Å². The van der Waals surface area contributed by atoms with E-state index in [-0.39, 0.29) is 24.4 Å². The Bertz CT molecular complexity index is 504. The van der Waals surface area contributed by atoms with Crippen molar-refractivity contribution < 1.29 is 19.8 Å². The minimum Gasteiger partial charge on any atom is -0.391 e. The van der Waals surface area contributed by atoms with Gasteiger partial charge in [-0.1, -0.05) is 47.5 Å². The second-order valence-corrected chi connectivity index (χ2v) is 9.15. The number of carbonyl (C=O) groups is 2. The average molecular weight is 371 g/mol. The molecule has 0 aromatic carbocycles. The number of nitrogens with zero attached hydrogens (tertiary/aromatic N) is 2. The third-order valence-electron chi connectivity index (χ3n) is 5.81. The molecule has 3 atom stereocenters. The minimum atomic E-state index is -1.01. The Labute approximate surface area is 158 Å². The van der Waals surface area contributed by atoms with Crippen LogP contribution in [0.2, 0.25) is 0 Å². The molecule has 0 bridgehead atoms. The number of amides is 3. The summed E-state index contributed by atoms with van der Waals surface area (Å²) in [7, 11) is 0. The van der Waals surface area contributed by atoms with Crippen LogP contribution in [0.1, 0.15) is 74.1 Å². The Morgan fingerprint density at radius 1 is 1.08 bits per heavy atom. The summed E-state index contributed by atoms with van der Waals surface area (Å²) in [6.07, 6.45) is 1.57. The van der Waals surface area contributed by atoms with Gasteiger partial charge in [-0.25, -0.2) is 4.79 Å². The maximum absolute atomic E-state index is 12.8. The van der Waals surface area contributed by atoms with E-state index in [0.29, 0.717) is 18.8 Å². The van der Waals surface area contributed by atoms with Gasteiger partial charge in [0.05, 0.1) is 18.8 Å². The van der Waals surface area contributed by atoms with Gasteiger partial charge < -0.3 is 15.1 Å². The molecule has 0 spiro atoms. The Balaban J connectivity index is 2.82. The highest BCUT2D eigenvalue weighted by atomic mass is 16.3. The van der Waals surface area contributed by atoms with Crippen LogP contribution in [0.3, 0.4) is 0 Å². The summed E-state index contributed by atoms with van der Waals surface area (Å²) in [6, 6.07) is -0.420. The summed E-state index contributed by atoms with van der Waals surface area (Å²) in [4.78, 5) is 28.1. The first kappa shape index (κ1) is 22.9. The molecule has 6 nitrogen and oxygen atoms in total. The Hall–Kier alpha value is -1.14. The lowest BCUT2D eigenvalue weighted by molar-refractivity contribution is -0.133. The van der Waals surface area contributed by atoms with Gasteiger partial charge in [0.2, 0.25) is 0 Å². The van der Waals surface area contributed by atoms with Gasteiger partial charge in [-0.05, 0) is 38.0 Å². The van der Waals surface area contributed by atoms with E-state index in [1.165, 1.54) is 4.90 Å². The minimum absolute atomic E-state index is 0.0124. The van der Waals surface area contributed by atoms with Gasteiger partial charge in [0.15, 0.2) is 0 Å². The van der Waals surface area contributed by atoms with E-state index in [9.17, 15) is 19.8 Å². The molecule has 1 aliphatic rings. The molecule has 1 fully saturated rings. The first-order chi connectivity index (χ1) is 11.9. The van der Waals surface area contributed by atoms with Crippen molar-refractivity contribution in [3.63, 3.8) is 0 Å². The van der Waals surface area contributed by atoms with Crippen molar-refractivity contribution in [1.82, 2.24) is 9.80 Å². The maximum atomic E-state index is 12.8. The molecule has 26 heavy (non-hydrogen) atoms. The fraction of sp³-hybridized carbons (Fsp3) is 0.900. The quantitative estimate of drug-likeness (QED) is 0.579. The zero-order chi connectivity index (χ0) is 20.3. The van der Waals surface area contributed by atoms with Crippen LogP contribution in [0, 0.1) is 11.3 Å². The van der Waals surface area contributed by atoms with E-state index in [4.69, 9.17) is 0 Å². The first-order valence-electron chi connectivity index (χ1n) is 9.85. The first-order valence-corrected chi connectivity index (χ1v) is 9.85. The third kappa shape index (κ3) is 5.43. The van der Waals surface area contributed by atoms with Gasteiger partial charge in [0, 0.05) is 6.54 Å². The number of hydrogen-bond acceptors (Lipinski definition) is 4. The summed E-state index contributed by atoms with van der Waals surface area (Å²) in [5.41, 5.74) is -1.03. The SMILES string of the molecule is CCC(C)CC(O)CN1C(=O)N(CC(O)CC(C)(C)CC)C(C)(C)C1=O. The molecule has 3 unspecified atom stereocenters. The molecule has 1 heterocycles. The van der Waals surface area contributed by atoms with Crippen molar-refractivity contribution in [1.29, 1.82) is 0 Å². The molecule has 1 saturated heterocycles. The molecular formula is C20H38N2O4. The van der Waals surface area contributed by atoms with Crippen molar-refractivity contribution >= 4 is 11.9 Å². The van der Waals surface area contributed by atoms with Crippen molar-refractivity contribution in [3.8, 4) is 0 Å². The highest BCUT2D eigenvalue weighted by Gasteiger charge is 2.51. The summed E-state index contributed by atoms with van der Waals surface area (Å²) in [6.45, 7) is 13.9. The van der Waals surface area contributed by atoms with Crippen molar-refractivity contribution in [2.45, 2.75) is 91.9 Å². The maximum Gasteiger partial charge on any atom is 0.327 e. The van der Waals surface area contributed by atoms with Crippen LogP contribution in [0.4, 0.5) is 4.79 Å². The summed E-state index contributed by atoms with van der Waals surface area (Å²) < 4.78 is 0. The number of urea groups is 1. The van der Waals surface area contributed by atoms with Crippen LogP contribution >= 0.6 is 0 Å². The molecule has 0 aliphatic carbocycles. The summed E-state index contributed by atoms with van der Waals surface area (Å²) in [5, 5.41) is 20.7. The van der Waals surface area contributed by atoms with E-state index in [0.717, 1.165) is 17.7 Å². The van der Waals surface area contributed by atoms with E-state index in [1.807, 2.05) is 13.8 Å². The highest BCUT2D eigenvalue weighted by Crippen LogP contribution is 2.31. The van der Waals surface area contributed by atoms with E-state index in [2.05, 4.69) is 20.8 Å². The van der Waals surface area contributed by atoms with Crippen LogP contribution in [0.15, 0.2) is 0 Å². The Morgan fingerprint density at radius 2 is 1.65 bits per heavy atom. The van der Waals surface area contributed by atoms with Gasteiger partial charge in [0.25, 0.3) is 5.91 Å². The predicted molar refractivity (Wildman–Crippen MR) is 103 cm³/mol. The molecule has 1 aliphatic heterocycles. The van der Waals surface area contributed by atoms with E-state index in [1.54, 1.807) is 13.8 Å². The molecule has 152 valence electrons. The lowest BCUT2D eigenvalue weighted by Crippen LogP contribution is -2.48. The zero-order valence-corrected chi connectivity index (χ0v) is 17.6. The number of rotatable bonds is 10. The second-order valence-electron chi connectivity index (χ2n) is 9.15. The fourth-order valence-electron chi connectivity index (χ4n) is 3.36. The fourth-order valence-corrected chi connectivity index (χ4v) is 3.36. The van der Waals surface area contributed by atoms with Crippen LogP contribution in [-0.4, -0.2) is 62.8 Å². The lowest BCUT2D eigenvalue weighted by Gasteiger charge is -2.32. The smallest absolute Gasteiger partial charge is 0.327 e. The normalized spacial score (nSPS) is 21.3. The van der Waals surface area contributed by atoms with E-state index < -0.39 is 23.8 Å². The van der Waals surface area contributed by atoms with Gasteiger partial charge >= 0.3 is 6.03 Å². The molecule has 0 aromatic heterocycles. The number of aliphatic hydroxyl groups excluding tert-OH is 2. The average Bonchev–Trinajstić information content (AvgIpc) is 2.69. The standard InChI is InChI=1S/C20H38N2O4/c1-8-14(3)10-15(23)12-21-17(25)20(6,7)22(18(21)26)13-16(24)11-19(4,5)9-2/h14-16,23-24H,8-13H2,1-7H3. The number of imide groups is 1. The largest absolute Gasteiger partial charge is 0.391 e. The van der Waals surface area contributed by atoms with Crippen molar-refractivity contribution in [3.05, 3.63) is 0 Å². The van der Waals surface area contributed by atoms with Gasteiger partial charge in [-0.15, -0.1) is 0 Å². The van der Waals surface area contributed by atoms with E-state index >= 15 is 0 Å². The van der Waals surface area contributed by atoms with Gasteiger partial charge in [-0.2, -0.15) is 0 Å². The van der Waals surface area contributed by atoms with Crippen LogP contribution in [-0.2, 0) is 4.79 Å². The molecule has 0 radical (unpaired) electrons. The molecule has 0 saturated carbocycles. The van der Waals surface area contributed by atoms with Crippen LogP contribution < -0.4 is 0 Å². The molecule has 6 heteroatoms. The number of carbonyl (C=O) groups excluding carboxylic acids is 2. The molecule has 2 N–H and O–H groups in total. The Kier molecular flexibility index (Phi) is 7.66. The van der Waals surface area contributed by atoms with Crippen LogP contribution in [0.5, 0.6) is 0 Å². The van der Waals surface area contributed by atoms with Crippen molar-refractivity contribution in [2.75, 3.05) is 13.1 Å².